The Labute approximate surface area is 131 Å². The molecule has 1 fully saturated rings. The van der Waals surface area contributed by atoms with Gasteiger partial charge in [0.25, 0.3) is 0 Å². The van der Waals surface area contributed by atoms with Gasteiger partial charge in [0, 0.05) is 24.8 Å². The minimum Gasteiger partial charge on any atom is -0.369 e. The Bertz CT molecular complexity index is 566. The molecule has 122 valence electrons. The van der Waals surface area contributed by atoms with Gasteiger partial charge in [0.2, 0.25) is 0 Å². The maximum atomic E-state index is 12.6. The van der Waals surface area contributed by atoms with Gasteiger partial charge < -0.3 is 15.0 Å². The molecule has 0 aromatic carbocycles. The number of urea groups is 1. The summed E-state index contributed by atoms with van der Waals surface area (Å²) < 4.78 is 7.79. The topological polar surface area (TPSA) is 59.4 Å². The zero-order valence-corrected chi connectivity index (χ0v) is 13.9. The fourth-order valence-electron chi connectivity index (χ4n) is 3.70. The van der Waals surface area contributed by atoms with Gasteiger partial charge in [-0.1, -0.05) is 0 Å². The Morgan fingerprint density at radius 2 is 2.27 bits per heavy atom. The van der Waals surface area contributed by atoms with Crippen LogP contribution in [0.4, 0.5) is 4.79 Å². The van der Waals surface area contributed by atoms with Crippen LogP contribution in [0.25, 0.3) is 0 Å². The van der Waals surface area contributed by atoms with Crippen LogP contribution < -0.4 is 5.32 Å². The molecule has 3 rings (SSSR count). The van der Waals surface area contributed by atoms with Gasteiger partial charge in [-0.15, -0.1) is 0 Å². The van der Waals surface area contributed by atoms with Crippen LogP contribution >= 0.6 is 0 Å². The van der Waals surface area contributed by atoms with Crippen molar-refractivity contribution in [3.05, 3.63) is 17.5 Å². The molecule has 0 saturated carbocycles. The highest BCUT2D eigenvalue weighted by atomic mass is 16.5. The number of fused-ring (bicyclic) bond motifs is 1. The van der Waals surface area contributed by atoms with E-state index in [9.17, 15) is 4.79 Å². The molecule has 2 amide bonds. The van der Waals surface area contributed by atoms with E-state index in [1.165, 1.54) is 11.3 Å². The second-order valence-corrected chi connectivity index (χ2v) is 7.13. The van der Waals surface area contributed by atoms with Gasteiger partial charge in [0.15, 0.2) is 0 Å². The first-order valence-electron chi connectivity index (χ1n) is 8.10. The summed E-state index contributed by atoms with van der Waals surface area (Å²) in [7, 11) is 1.97. The van der Waals surface area contributed by atoms with E-state index in [1.807, 2.05) is 43.6 Å². The molecule has 22 heavy (non-hydrogen) atoms. The molecule has 0 bridgehead atoms. The van der Waals surface area contributed by atoms with E-state index < -0.39 is 0 Å². The Hall–Kier alpha value is -1.56. The normalized spacial score (nSPS) is 27.4. The van der Waals surface area contributed by atoms with Crippen LogP contribution in [0.3, 0.4) is 0 Å². The lowest BCUT2D eigenvalue weighted by Crippen LogP contribution is -2.56. The SMILES string of the molecule is CC1CN(C(=O)NC2CCCc3c2cnn3C)CC(C)(C)O1. The van der Waals surface area contributed by atoms with E-state index in [-0.39, 0.29) is 23.8 Å². The van der Waals surface area contributed by atoms with Gasteiger partial charge in [-0.3, -0.25) is 4.68 Å². The molecule has 0 radical (unpaired) electrons. The number of carbonyl (C=O) groups is 1. The number of aromatic nitrogens is 2. The maximum Gasteiger partial charge on any atom is 0.318 e. The first kappa shape index (κ1) is 15.3. The molecule has 2 aliphatic rings. The zero-order chi connectivity index (χ0) is 15.9. The lowest BCUT2D eigenvalue weighted by Gasteiger charge is -2.42. The van der Waals surface area contributed by atoms with Crippen LogP contribution in [0.2, 0.25) is 0 Å². The van der Waals surface area contributed by atoms with Gasteiger partial charge in [-0.2, -0.15) is 5.10 Å². The van der Waals surface area contributed by atoms with Crippen molar-refractivity contribution in [3.63, 3.8) is 0 Å². The monoisotopic (exact) mass is 306 g/mol. The van der Waals surface area contributed by atoms with Crippen molar-refractivity contribution in [1.29, 1.82) is 0 Å². The molecule has 6 heteroatoms. The minimum absolute atomic E-state index is 0.00456. The molecule has 1 N–H and O–H groups in total. The molecule has 2 atom stereocenters. The molecule has 0 spiro atoms. The number of rotatable bonds is 1. The third-order valence-electron chi connectivity index (χ3n) is 4.53. The van der Waals surface area contributed by atoms with Crippen molar-refractivity contribution >= 4 is 6.03 Å². The highest BCUT2D eigenvalue weighted by Gasteiger charge is 2.35. The average molecular weight is 306 g/mol. The summed E-state index contributed by atoms with van der Waals surface area (Å²) in [6, 6.07) is 0.0798. The van der Waals surface area contributed by atoms with E-state index in [4.69, 9.17) is 4.74 Å². The van der Waals surface area contributed by atoms with E-state index in [1.54, 1.807) is 0 Å². The van der Waals surface area contributed by atoms with Crippen LogP contribution in [-0.2, 0) is 18.2 Å². The summed E-state index contributed by atoms with van der Waals surface area (Å²) in [6.45, 7) is 7.34. The Morgan fingerprint density at radius 1 is 1.50 bits per heavy atom. The molecule has 1 aliphatic heterocycles. The number of aryl methyl sites for hydroxylation is 1. The molecule has 1 aromatic heterocycles. The number of morpholine rings is 1. The Balaban J connectivity index is 1.70. The first-order valence-corrected chi connectivity index (χ1v) is 8.10. The molecule has 1 aliphatic carbocycles. The summed E-state index contributed by atoms with van der Waals surface area (Å²) in [5.41, 5.74) is 2.12. The smallest absolute Gasteiger partial charge is 0.318 e. The van der Waals surface area contributed by atoms with E-state index >= 15 is 0 Å². The summed E-state index contributed by atoms with van der Waals surface area (Å²) in [4.78, 5) is 14.5. The number of hydrogen-bond acceptors (Lipinski definition) is 3. The number of amides is 2. The minimum atomic E-state index is -0.291. The predicted molar refractivity (Wildman–Crippen MR) is 83.6 cm³/mol. The van der Waals surface area contributed by atoms with Crippen LogP contribution in [0.15, 0.2) is 6.20 Å². The predicted octanol–water partition coefficient (Wildman–Crippen LogP) is 2.01. The number of carbonyl (C=O) groups excluding carboxylic acids is 1. The zero-order valence-electron chi connectivity index (χ0n) is 13.9. The number of nitrogens with zero attached hydrogens (tertiary/aromatic N) is 3. The standard InChI is InChI=1S/C16H26N4O2/c1-11-9-20(10-16(2,3)22-11)15(21)18-13-6-5-7-14-12(13)8-17-19(14)4/h8,11,13H,5-7,9-10H2,1-4H3,(H,18,21). The van der Waals surface area contributed by atoms with Crippen LogP contribution in [0.5, 0.6) is 0 Å². The van der Waals surface area contributed by atoms with Crippen LogP contribution in [0, 0.1) is 0 Å². The second-order valence-electron chi connectivity index (χ2n) is 7.13. The van der Waals surface area contributed by atoms with E-state index in [0.717, 1.165) is 19.3 Å². The Morgan fingerprint density at radius 3 is 3.00 bits per heavy atom. The van der Waals surface area contributed by atoms with Crippen molar-refractivity contribution in [3.8, 4) is 0 Å². The number of hydrogen-bond donors (Lipinski definition) is 1. The second kappa shape index (κ2) is 5.57. The fourth-order valence-corrected chi connectivity index (χ4v) is 3.70. The van der Waals surface area contributed by atoms with Crippen molar-refractivity contribution in [2.24, 2.45) is 7.05 Å². The maximum absolute atomic E-state index is 12.6. The first-order chi connectivity index (χ1) is 10.4. The van der Waals surface area contributed by atoms with E-state index in [0.29, 0.717) is 13.1 Å². The largest absolute Gasteiger partial charge is 0.369 e. The van der Waals surface area contributed by atoms with Crippen LogP contribution in [-0.4, -0.2) is 45.5 Å². The van der Waals surface area contributed by atoms with Crippen molar-refractivity contribution < 1.29 is 9.53 Å². The molecule has 1 saturated heterocycles. The third kappa shape index (κ3) is 2.97. The van der Waals surface area contributed by atoms with Crippen molar-refractivity contribution in [2.75, 3.05) is 13.1 Å². The summed E-state index contributed by atoms with van der Waals surface area (Å²) in [5, 5.41) is 7.53. The highest BCUT2D eigenvalue weighted by molar-refractivity contribution is 5.75. The molecular weight excluding hydrogens is 280 g/mol. The van der Waals surface area contributed by atoms with Crippen LogP contribution in [0.1, 0.15) is 50.9 Å². The highest BCUT2D eigenvalue weighted by Crippen LogP contribution is 2.29. The number of ether oxygens (including phenoxy) is 1. The van der Waals surface area contributed by atoms with E-state index in [2.05, 4.69) is 10.4 Å². The average Bonchev–Trinajstić information content (AvgIpc) is 2.79. The summed E-state index contributed by atoms with van der Waals surface area (Å²) >= 11 is 0. The lowest BCUT2D eigenvalue weighted by molar-refractivity contribution is -0.117. The lowest BCUT2D eigenvalue weighted by atomic mass is 9.93. The quantitative estimate of drug-likeness (QED) is 0.863. The molecular formula is C16H26N4O2. The number of nitrogens with one attached hydrogen (secondary N) is 1. The van der Waals surface area contributed by atoms with Gasteiger partial charge in [-0.25, -0.2) is 4.79 Å². The Kier molecular flexibility index (Phi) is 3.89. The fraction of sp³-hybridized carbons (Fsp3) is 0.750. The van der Waals surface area contributed by atoms with Crippen molar-refractivity contribution in [1.82, 2.24) is 20.0 Å². The molecule has 6 nitrogen and oxygen atoms in total. The molecule has 1 aromatic rings. The van der Waals surface area contributed by atoms with Gasteiger partial charge in [0.05, 0.1) is 30.5 Å². The summed E-state index contributed by atoms with van der Waals surface area (Å²) in [5.74, 6) is 0. The van der Waals surface area contributed by atoms with Gasteiger partial charge >= 0.3 is 6.03 Å². The van der Waals surface area contributed by atoms with Gasteiger partial charge in [0.1, 0.15) is 0 Å². The molecule has 2 heterocycles. The van der Waals surface area contributed by atoms with Crippen molar-refractivity contribution in [2.45, 2.75) is 57.8 Å². The van der Waals surface area contributed by atoms with Gasteiger partial charge in [-0.05, 0) is 40.0 Å². The molecule has 2 unspecified atom stereocenters. The third-order valence-corrected chi connectivity index (χ3v) is 4.53. The summed E-state index contributed by atoms with van der Waals surface area (Å²) in [6.07, 6.45) is 5.07.